The van der Waals surface area contributed by atoms with E-state index in [1.807, 2.05) is 18.2 Å². The van der Waals surface area contributed by atoms with Crippen LogP contribution in [-0.4, -0.2) is 73.1 Å². The van der Waals surface area contributed by atoms with Crippen molar-refractivity contribution in [3.05, 3.63) is 28.2 Å². The van der Waals surface area contributed by atoms with E-state index in [9.17, 15) is 13.6 Å². The van der Waals surface area contributed by atoms with Crippen LogP contribution in [0.3, 0.4) is 0 Å². The highest BCUT2D eigenvalue weighted by Gasteiger charge is 2.46. The first kappa shape index (κ1) is 23.8. The molecular weight excluding hydrogens is 457 g/mol. The van der Waals surface area contributed by atoms with Gasteiger partial charge in [0.2, 0.25) is 0 Å². The first-order valence-corrected chi connectivity index (χ1v) is 12.3. The van der Waals surface area contributed by atoms with Crippen molar-refractivity contribution in [1.29, 1.82) is 0 Å². The molecule has 5 nitrogen and oxygen atoms in total. The Balaban J connectivity index is 1.16. The number of alkyl halides is 2. The fourth-order valence-corrected chi connectivity index (χ4v) is 5.59. The van der Waals surface area contributed by atoms with E-state index in [2.05, 4.69) is 22.0 Å². The maximum Gasteiger partial charge on any atom is 0.318 e. The molecule has 9 heteroatoms. The number of urea groups is 1. The van der Waals surface area contributed by atoms with Gasteiger partial charge in [-0.15, -0.1) is 0 Å². The largest absolute Gasteiger partial charge is 0.365 e. The molecule has 178 valence electrons. The number of anilines is 1. The van der Waals surface area contributed by atoms with Crippen molar-refractivity contribution in [2.24, 2.45) is 5.92 Å². The van der Waals surface area contributed by atoms with Crippen LogP contribution in [0.5, 0.6) is 0 Å². The van der Waals surface area contributed by atoms with Crippen molar-refractivity contribution < 1.29 is 13.6 Å². The number of amides is 2. The molecule has 3 aliphatic rings. The van der Waals surface area contributed by atoms with E-state index in [0.29, 0.717) is 22.0 Å². The summed E-state index contributed by atoms with van der Waals surface area (Å²) in [6.07, 6.45) is 5.17. The second-order valence-electron chi connectivity index (χ2n) is 9.58. The lowest BCUT2D eigenvalue weighted by Crippen LogP contribution is -2.62. The standard InChI is InChI=1S/C23H32Cl2F2N4O/c1-16-13-29(11-12-31(16)20-4-2-3-19(24)21(20)25)10-9-17-5-7-18(8-6-17)28-22(32)30-14-23(26,27)15-30/h2-4,16-18H,5-15H2,1H3,(H,28,32)/t16-,17-,18-/m1/s1. The fraction of sp³-hybridized carbons (Fsp3) is 0.696. The summed E-state index contributed by atoms with van der Waals surface area (Å²) in [7, 11) is 0. The Morgan fingerprint density at radius 3 is 2.53 bits per heavy atom. The molecule has 4 rings (SSSR count). The predicted molar refractivity (Wildman–Crippen MR) is 125 cm³/mol. The average molecular weight is 489 g/mol. The average Bonchev–Trinajstić information content (AvgIpc) is 2.74. The molecule has 1 N–H and O–H groups in total. The molecule has 2 amide bonds. The van der Waals surface area contributed by atoms with E-state index in [1.54, 1.807) is 0 Å². The van der Waals surface area contributed by atoms with Crippen LogP contribution in [-0.2, 0) is 0 Å². The summed E-state index contributed by atoms with van der Waals surface area (Å²) in [6.45, 7) is 5.31. The Morgan fingerprint density at radius 2 is 1.88 bits per heavy atom. The quantitative estimate of drug-likeness (QED) is 0.625. The number of carbonyl (C=O) groups excluding carboxylic acids is 1. The van der Waals surface area contributed by atoms with Crippen LogP contribution in [0.1, 0.15) is 39.0 Å². The first-order valence-electron chi connectivity index (χ1n) is 11.6. The molecule has 1 saturated carbocycles. The Bertz CT molecular complexity index is 811. The minimum Gasteiger partial charge on any atom is -0.365 e. The molecule has 1 atom stereocenters. The van der Waals surface area contributed by atoms with Gasteiger partial charge in [0, 0.05) is 31.7 Å². The first-order chi connectivity index (χ1) is 15.2. The fourth-order valence-electron chi connectivity index (χ4n) is 5.19. The number of rotatable bonds is 5. The molecule has 1 aromatic carbocycles. The number of hydrogen-bond acceptors (Lipinski definition) is 3. The smallest absolute Gasteiger partial charge is 0.318 e. The number of hydrogen-bond donors (Lipinski definition) is 1. The minimum absolute atomic E-state index is 0.110. The molecule has 0 radical (unpaired) electrons. The van der Waals surface area contributed by atoms with Gasteiger partial charge >= 0.3 is 6.03 Å². The summed E-state index contributed by atoms with van der Waals surface area (Å²) in [4.78, 5) is 18.1. The second-order valence-corrected chi connectivity index (χ2v) is 10.4. The lowest BCUT2D eigenvalue weighted by atomic mass is 9.84. The molecule has 2 aliphatic heterocycles. The minimum atomic E-state index is -2.71. The van der Waals surface area contributed by atoms with Gasteiger partial charge in [-0.2, -0.15) is 0 Å². The molecule has 0 aromatic heterocycles. The van der Waals surface area contributed by atoms with E-state index in [1.165, 1.54) is 4.90 Å². The maximum atomic E-state index is 12.9. The van der Waals surface area contributed by atoms with Crippen LogP contribution in [0.25, 0.3) is 0 Å². The van der Waals surface area contributed by atoms with Crippen molar-refractivity contribution in [3.63, 3.8) is 0 Å². The SMILES string of the molecule is C[C@@H]1CN(CC[C@H]2CC[C@H](NC(=O)N3CC(F)(F)C3)CC2)CCN1c1cccc(Cl)c1Cl. The van der Waals surface area contributed by atoms with Crippen molar-refractivity contribution in [2.45, 2.75) is 57.0 Å². The highest BCUT2D eigenvalue weighted by Crippen LogP contribution is 2.35. The Morgan fingerprint density at radius 1 is 1.16 bits per heavy atom. The molecule has 0 bridgehead atoms. The van der Waals surface area contributed by atoms with Crippen LogP contribution in [0.2, 0.25) is 10.0 Å². The van der Waals surface area contributed by atoms with Gasteiger partial charge in [-0.3, -0.25) is 4.90 Å². The molecule has 1 aliphatic carbocycles. The highest BCUT2D eigenvalue weighted by molar-refractivity contribution is 6.43. The number of halogens is 4. The highest BCUT2D eigenvalue weighted by atomic mass is 35.5. The lowest BCUT2D eigenvalue weighted by Gasteiger charge is -2.42. The monoisotopic (exact) mass is 488 g/mol. The van der Waals surface area contributed by atoms with E-state index < -0.39 is 19.0 Å². The van der Waals surface area contributed by atoms with E-state index >= 15 is 0 Å². The lowest BCUT2D eigenvalue weighted by molar-refractivity contribution is -0.110. The van der Waals surface area contributed by atoms with Gasteiger partial charge in [-0.05, 0) is 63.6 Å². The van der Waals surface area contributed by atoms with Crippen molar-refractivity contribution in [3.8, 4) is 0 Å². The number of likely N-dealkylation sites (tertiary alicyclic amines) is 1. The zero-order valence-electron chi connectivity index (χ0n) is 18.5. The molecule has 1 aromatic rings. The van der Waals surface area contributed by atoms with Crippen LogP contribution in [0.4, 0.5) is 19.3 Å². The number of carbonyl (C=O) groups is 1. The topological polar surface area (TPSA) is 38.8 Å². The summed E-state index contributed by atoms with van der Waals surface area (Å²) < 4.78 is 25.9. The van der Waals surface area contributed by atoms with Crippen LogP contribution < -0.4 is 10.2 Å². The summed E-state index contributed by atoms with van der Waals surface area (Å²) in [6, 6.07) is 5.92. The Hall–Kier alpha value is -1.31. The van der Waals surface area contributed by atoms with Gasteiger partial charge in [0.05, 0.1) is 28.8 Å². The molecule has 3 fully saturated rings. The van der Waals surface area contributed by atoms with Crippen LogP contribution in [0, 0.1) is 5.92 Å². The van der Waals surface area contributed by atoms with Crippen molar-refractivity contribution in [1.82, 2.24) is 15.1 Å². The van der Waals surface area contributed by atoms with Gasteiger partial charge in [0.25, 0.3) is 5.92 Å². The molecule has 0 spiro atoms. The number of nitrogens with one attached hydrogen (secondary N) is 1. The zero-order valence-corrected chi connectivity index (χ0v) is 20.0. The molecule has 2 heterocycles. The number of piperazine rings is 1. The number of benzene rings is 1. The van der Waals surface area contributed by atoms with Gasteiger partial charge < -0.3 is 15.1 Å². The van der Waals surface area contributed by atoms with Gasteiger partial charge in [0.1, 0.15) is 0 Å². The van der Waals surface area contributed by atoms with Gasteiger partial charge in [0.15, 0.2) is 0 Å². The third-order valence-electron chi connectivity index (χ3n) is 7.11. The molecular formula is C23H32Cl2F2N4O. The normalized spacial score (nSPS) is 28.3. The van der Waals surface area contributed by atoms with E-state index in [0.717, 1.165) is 64.0 Å². The Labute approximate surface area is 199 Å². The summed E-state index contributed by atoms with van der Waals surface area (Å²) in [5.41, 5.74) is 1.01. The zero-order chi connectivity index (χ0) is 22.9. The maximum absolute atomic E-state index is 12.9. The van der Waals surface area contributed by atoms with Gasteiger partial charge in [-0.1, -0.05) is 29.3 Å². The number of nitrogens with zero attached hydrogens (tertiary/aromatic N) is 3. The third kappa shape index (κ3) is 5.60. The Kier molecular flexibility index (Phi) is 7.37. The predicted octanol–water partition coefficient (Wildman–Crippen LogP) is 5.11. The van der Waals surface area contributed by atoms with E-state index in [4.69, 9.17) is 23.2 Å². The van der Waals surface area contributed by atoms with Crippen LogP contribution >= 0.6 is 23.2 Å². The van der Waals surface area contributed by atoms with E-state index in [-0.39, 0.29) is 12.1 Å². The molecule has 2 saturated heterocycles. The molecule has 32 heavy (non-hydrogen) atoms. The van der Waals surface area contributed by atoms with Crippen molar-refractivity contribution >= 4 is 34.9 Å². The van der Waals surface area contributed by atoms with Gasteiger partial charge in [-0.25, -0.2) is 13.6 Å². The van der Waals surface area contributed by atoms with Crippen molar-refractivity contribution in [2.75, 3.05) is 44.2 Å². The summed E-state index contributed by atoms with van der Waals surface area (Å²) >= 11 is 12.6. The molecule has 0 unspecified atom stereocenters. The second kappa shape index (κ2) is 9.90. The summed E-state index contributed by atoms with van der Waals surface area (Å²) in [5.74, 6) is -2.05. The summed E-state index contributed by atoms with van der Waals surface area (Å²) in [5, 5.41) is 4.15. The third-order valence-corrected chi connectivity index (χ3v) is 7.92. The van der Waals surface area contributed by atoms with Crippen LogP contribution in [0.15, 0.2) is 18.2 Å².